The molecular weight excluding hydrogens is 522 g/mol. The summed E-state index contributed by atoms with van der Waals surface area (Å²) in [5.74, 6) is -3.81. The molecule has 1 fully saturated rings. The first-order valence-corrected chi connectivity index (χ1v) is 13.5. The van der Waals surface area contributed by atoms with Crippen LogP contribution in [0.4, 0.5) is 0 Å². The third kappa shape index (κ3) is 14.3. The Morgan fingerprint density at radius 1 is 0.675 bits per heavy atom. The number of nitrogens with one attached hydrogen (secondary N) is 1. The van der Waals surface area contributed by atoms with Gasteiger partial charge in [-0.05, 0) is 24.8 Å². The number of rotatable bonds is 14. The Morgan fingerprint density at radius 2 is 1.07 bits per heavy atom. The Morgan fingerprint density at radius 3 is 1.45 bits per heavy atom. The number of aliphatic carboxylic acids is 4. The molecular formula is C27H43N5O8. The molecule has 1 heterocycles. The van der Waals surface area contributed by atoms with Gasteiger partial charge in [-0.2, -0.15) is 0 Å². The summed E-state index contributed by atoms with van der Waals surface area (Å²) in [4.78, 5) is 53.0. The van der Waals surface area contributed by atoms with Crippen LogP contribution in [0.5, 0.6) is 0 Å². The van der Waals surface area contributed by atoms with Crippen molar-refractivity contribution in [2.75, 3.05) is 91.6 Å². The van der Waals surface area contributed by atoms with Crippen molar-refractivity contribution in [2.45, 2.75) is 13.3 Å². The number of carbonyl (C=O) groups is 4. The van der Waals surface area contributed by atoms with Crippen LogP contribution in [-0.2, 0) is 25.6 Å². The Kier molecular flexibility index (Phi) is 14.5. The first kappa shape index (κ1) is 33.1. The lowest BCUT2D eigenvalue weighted by Crippen LogP contribution is -2.49. The molecule has 5 N–H and O–H groups in total. The number of aryl methyl sites for hydroxylation is 1. The highest BCUT2D eigenvalue weighted by Crippen LogP contribution is 2.13. The average Bonchev–Trinajstić information content (AvgIpc) is 2.85. The molecule has 0 saturated carbocycles. The van der Waals surface area contributed by atoms with Gasteiger partial charge in [0, 0.05) is 65.4 Å². The zero-order valence-corrected chi connectivity index (χ0v) is 23.2. The summed E-state index contributed by atoms with van der Waals surface area (Å²) in [6, 6.07) is 8.19. The van der Waals surface area contributed by atoms with E-state index in [1.165, 1.54) is 0 Å². The van der Waals surface area contributed by atoms with Crippen LogP contribution in [0.2, 0.25) is 0 Å². The second-order valence-electron chi connectivity index (χ2n) is 10.4. The third-order valence-electron chi connectivity index (χ3n) is 6.88. The van der Waals surface area contributed by atoms with Gasteiger partial charge in [0.2, 0.25) is 0 Å². The highest BCUT2D eigenvalue weighted by molar-refractivity contribution is 5.70. The molecule has 0 bridgehead atoms. The number of carboxylic acids is 4. The SMILES string of the molecule is Cc1ccc(CC(CNCC(=O)O)CN2CCN(CC(=O)O)CCN(CC(=O)O)CCN(CC(=O)O)CC2)cc1. The second-order valence-corrected chi connectivity index (χ2v) is 10.4. The van der Waals surface area contributed by atoms with Crippen molar-refractivity contribution < 1.29 is 39.6 Å². The second kappa shape index (κ2) is 17.6. The van der Waals surface area contributed by atoms with Crippen molar-refractivity contribution in [3.05, 3.63) is 35.4 Å². The molecule has 13 heteroatoms. The average molecular weight is 566 g/mol. The maximum Gasteiger partial charge on any atom is 0.317 e. The standard InChI is InChI=1S/C27H43N5O8/c1-21-2-4-22(5-3-21)14-23(15-28-16-24(33)34)17-29-6-8-30(18-25(35)36)10-12-32(20-27(39)40)13-11-31(9-7-29)19-26(37)38/h2-5,23,28H,6-20H2,1H3,(H,33,34)(H,35,36)(H,37,38)(H,39,40). The van der Waals surface area contributed by atoms with Gasteiger partial charge >= 0.3 is 23.9 Å². The van der Waals surface area contributed by atoms with E-state index in [-0.39, 0.29) is 32.1 Å². The minimum Gasteiger partial charge on any atom is -0.480 e. The zero-order chi connectivity index (χ0) is 29.5. The molecule has 40 heavy (non-hydrogen) atoms. The number of hydrogen-bond donors (Lipinski definition) is 5. The van der Waals surface area contributed by atoms with E-state index in [1.807, 2.05) is 19.1 Å². The smallest absolute Gasteiger partial charge is 0.317 e. The molecule has 224 valence electrons. The van der Waals surface area contributed by atoms with Crippen LogP contribution in [-0.4, -0.2) is 156 Å². The van der Waals surface area contributed by atoms with Gasteiger partial charge < -0.3 is 30.6 Å². The maximum absolute atomic E-state index is 11.5. The normalized spacial score (nSPS) is 17.9. The maximum atomic E-state index is 11.5. The summed E-state index contributed by atoms with van der Waals surface area (Å²) in [6.45, 7) is 5.70. The summed E-state index contributed by atoms with van der Waals surface area (Å²) >= 11 is 0. The Bertz CT molecular complexity index is 929. The van der Waals surface area contributed by atoms with Crippen molar-refractivity contribution in [3.8, 4) is 0 Å². The van der Waals surface area contributed by atoms with Crippen LogP contribution in [0.25, 0.3) is 0 Å². The summed E-state index contributed by atoms with van der Waals surface area (Å²) in [5.41, 5.74) is 2.27. The molecule has 1 saturated heterocycles. The molecule has 0 aliphatic carbocycles. The van der Waals surface area contributed by atoms with E-state index < -0.39 is 23.9 Å². The van der Waals surface area contributed by atoms with E-state index in [0.29, 0.717) is 71.9 Å². The van der Waals surface area contributed by atoms with Gasteiger partial charge in [-0.3, -0.25) is 33.9 Å². The van der Waals surface area contributed by atoms with Crippen molar-refractivity contribution in [3.63, 3.8) is 0 Å². The quantitative estimate of drug-likeness (QED) is 0.192. The lowest BCUT2D eigenvalue weighted by molar-refractivity contribution is -0.140. The highest BCUT2D eigenvalue weighted by atomic mass is 16.4. The highest BCUT2D eigenvalue weighted by Gasteiger charge is 2.22. The molecule has 0 amide bonds. The van der Waals surface area contributed by atoms with E-state index in [9.17, 15) is 34.5 Å². The molecule has 1 aliphatic heterocycles. The lowest BCUT2D eigenvalue weighted by atomic mass is 9.97. The first-order valence-electron chi connectivity index (χ1n) is 13.5. The van der Waals surface area contributed by atoms with Crippen LogP contribution >= 0.6 is 0 Å². The Balaban J connectivity index is 2.22. The van der Waals surface area contributed by atoms with Gasteiger partial charge in [0.15, 0.2) is 0 Å². The lowest BCUT2D eigenvalue weighted by Gasteiger charge is -2.34. The van der Waals surface area contributed by atoms with Gasteiger partial charge in [0.1, 0.15) is 0 Å². The molecule has 0 spiro atoms. The van der Waals surface area contributed by atoms with Gasteiger partial charge in [-0.25, -0.2) is 0 Å². The molecule has 2 rings (SSSR count). The predicted molar refractivity (Wildman–Crippen MR) is 148 cm³/mol. The van der Waals surface area contributed by atoms with E-state index in [1.54, 1.807) is 14.7 Å². The molecule has 1 unspecified atom stereocenters. The summed E-state index contributed by atoms with van der Waals surface area (Å²) in [5, 5.41) is 40.3. The Hall–Kier alpha value is -3.10. The Labute approximate surface area is 235 Å². The fraction of sp³-hybridized carbons (Fsp3) is 0.630. The van der Waals surface area contributed by atoms with Gasteiger partial charge in [-0.1, -0.05) is 29.8 Å². The van der Waals surface area contributed by atoms with Crippen molar-refractivity contribution >= 4 is 23.9 Å². The molecule has 1 aromatic rings. The summed E-state index contributed by atoms with van der Waals surface area (Å²) < 4.78 is 0. The van der Waals surface area contributed by atoms with E-state index in [2.05, 4.69) is 22.3 Å². The number of carboxylic acid groups (broad SMARTS) is 4. The van der Waals surface area contributed by atoms with Crippen molar-refractivity contribution in [2.24, 2.45) is 5.92 Å². The fourth-order valence-corrected chi connectivity index (χ4v) is 4.82. The topological polar surface area (TPSA) is 174 Å². The van der Waals surface area contributed by atoms with Gasteiger partial charge in [0.05, 0.1) is 26.2 Å². The third-order valence-corrected chi connectivity index (χ3v) is 6.88. The van der Waals surface area contributed by atoms with Crippen LogP contribution < -0.4 is 5.32 Å². The molecule has 0 aromatic heterocycles. The zero-order valence-electron chi connectivity index (χ0n) is 23.2. The minimum atomic E-state index is -0.996. The predicted octanol–water partition coefficient (Wildman–Crippen LogP) is -0.697. The number of nitrogens with zero attached hydrogens (tertiary/aromatic N) is 4. The van der Waals surface area contributed by atoms with E-state index >= 15 is 0 Å². The van der Waals surface area contributed by atoms with Crippen LogP contribution in [0.15, 0.2) is 24.3 Å². The first-order chi connectivity index (χ1) is 19.0. The van der Waals surface area contributed by atoms with Crippen LogP contribution in [0.3, 0.4) is 0 Å². The molecule has 1 aromatic carbocycles. The molecule has 1 atom stereocenters. The summed E-state index contributed by atoms with van der Waals surface area (Å²) in [6.07, 6.45) is 0.714. The minimum absolute atomic E-state index is 0.0573. The fourth-order valence-electron chi connectivity index (χ4n) is 4.82. The number of hydrogen-bond acceptors (Lipinski definition) is 9. The van der Waals surface area contributed by atoms with Crippen molar-refractivity contribution in [1.29, 1.82) is 0 Å². The molecule has 13 nitrogen and oxygen atoms in total. The molecule has 1 aliphatic rings. The monoisotopic (exact) mass is 565 g/mol. The van der Waals surface area contributed by atoms with Crippen LogP contribution in [0.1, 0.15) is 11.1 Å². The van der Waals surface area contributed by atoms with Crippen LogP contribution in [0, 0.1) is 12.8 Å². The van der Waals surface area contributed by atoms with Gasteiger partial charge in [-0.15, -0.1) is 0 Å². The molecule has 0 radical (unpaired) electrons. The van der Waals surface area contributed by atoms with Crippen molar-refractivity contribution in [1.82, 2.24) is 24.9 Å². The van der Waals surface area contributed by atoms with Gasteiger partial charge in [0.25, 0.3) is 0 Å². The summed E-state index contributed by atoms with van der Waals surface area (Å²) in [7, 11) is 0. The van der Waals surface area contributed by atoms with E-state index in [4.69, 9.17) is 5.11 Å². The van der Waals surface area contributed by atoms with E-state index in [0.717, 1.165) is 11.1 Å². The largest absolute Gasteiger partial charge is 0.480 e. The number of benzene rings is 1.